The van der Waals surface area contributed by atoms with Gasteiger partial charge < -0.3 is 20.9 Å². The Morgan fingerprint density at radius 1 is 1.35 bits per heavy atom. The molecule has 4 N–H and O–H groups in total. The van der Waals surface area contributed by atoms with Gasteiger partial charge >= 0.3 is 0 Å². The second-order valence-electron chi connectivity index (χ2n) is 5.36. The average Bonchev–Trinajstić information content (AvgIpc) is 2.46. The largest absolute Gasteiger partial charge is 0.409 e. The molecule has 0 aliphatic carbocycles. The third-order valence-electron chi connectivity index (χ3n) is 3.64. The fraction of sp³-hybridized carbons (Fsp3) is 0.429. The molecule has 1 aliphatic rings. The van der Waals surface area contributed by atoms with Gasteiger partial charge in [0.25, 0.3) is 5.91 Å². The summed E-state index contributed by atoms with van der Waals surface area (Å²) in [5.41, 5.74) is 5.83. The number of aliphatic hydroxyl groups is 1. The molecule has 0 bridgehead atoms. The summed E-state index contributed by atoms with van der Waals surface area (Å²) in [5, 5.41) is 21.5. The fourth-order valence-electron chi connectivity index (χ4n) is 2.24. The van der Waals surface area contributed by atoms with Crippen LogP contribution in [0.15, 0.2) is 29.4 Å². The lowest BCUT2D eigenvalue weighted by molar-refractivity contribution is -0.00202. The van der Waals surface area contributed by atoms with E-state index in [1.165, 1.54) is 0 Å². The fourth-order valence-corrected chi connectivity index (χ4v) is 2.24. The molecule has 1 saturated heterocycles. The number of nitrogens with two attached hydrogens (primary N) is 1. The molecular formula is C14H19N3O3. The normalized spacial score (nSPS) is 18.9. The molecule has 1 fully saturated rings. The summed E-state index contributed by atoms with van der Waals surface area (Å²) in [5.74, 6) is -0.130. The van der Waals surface area contributed by atoms with Crippen LogP contribution in [0.25, 0.3) is 0 Å². The standard InChI is InChI=1S/C14H19N3O3/c1-14(19)5-7-17(8-6-14)13(18)11-4-2-3-10(9-11)12(15)16-20/h2-4,9,19-20H,5-8H2,1H3,(H2,15,16). The van der Waals surface area contributed by atoms with Crippen molar-refractivity contribution in [2.45, 2.75) is 25.4 Å². The van der Waals surface area contributed by atoms with Gasteiger partial charge in [-0.05, 0) is 31.9 Å². The maximum absolute atomic E-state index is 12.4. The van der Waals surface area contributed by atoms with E-state index in [9.17, 15) is 9.90 Å². The summed E-state index contributed by atoms with van der Waals surface area (Å²) >= 11 is 0. The Bertz CT molecular complexity index is 530. The van der Waals surface area contributed by atoms with Gasteiger partial charge in [-0.1, -0.05) is 17.3 Å². The Morgan fingerprint density at radius 3 is 2.55 bits per heavy atom. The number of nitrogens with zero attached hydrogens (tertiary/aromatic N) is 2. The number of benzene rings is 1. The van der Waals surface area contributed by atoms with Crippen LogP contribution in [0.2, 0.25) is 0 Å². The second-order valence-corrected chi connectivity index (χ2v) is 5.36. The lowest BCUT2D eigenvalue weighted by Crippen LogP contribution is -2.45. The van der Waals surface area contributed by atoms with Crippen LogP contribution in [0.3, 0.4) is 0 Å². The molecule has 6 nitrogen and oxygen atoms in total. The number of piperidine rings is 1. The smallest absolute Gasteiger partial charge is 0.253 e. The molecular weight excluding hydrogens is 258 g/mol. The second kappa shape index (κ2) is 5.50. The van der Waals surface area contributed by atoms with Gasteiger partial charge in [0.2, 0.25) is 0 Å². The van der Waals surface area contributed by atoms with Gasteiger partial charge in [0.15, 0.2) is 5.84 Å². The minimum Gasteiger partial charge on any atom is -0.409 e. The molecule has 0 aromatic heterocycles. The number of carbonyl (C=O) groups excluding carboxylic acids is 1. The van der Waals surface area contributed by atoms with E-state index in [2.05, 4.69) is 5.16 Å². The average molecular weight is 277 g/mol. The molecule has 0 unspecified atom stereocenters. The molecule has 0 saturated carbocycles. The van der Waals surface area contributed by atoms with Gasteiger partial charge in [-0.3, -0.25) is 4.79 Å². The molecule has 0 atom stereocenters. The summed E-state index contributed by atoms with van der Waals surface area (Å²) in [6.07, 6.45) is 1.14. The highest BCUT2D eigenvalue weighted by Crippen LogP contribution is 2.22. The highest BCUT2D eigenvalue weighted by Gasteiger charge is 2.29. The Morgan fingerprint density at radius 2 is 1.95 bits per heavy atom. The number of hydrogen-bond acceptors (Lipinski definition) is 4. The lowest BCUT2D eigenvalue weighted by atomic mass is 9.93. The first kappa shape index (κ1) is 14.3. The SMILES string of the molecule is CC1(O)CCN(C(=O)c2cccc(/C(N)=N/O)c2)CC1. The number of hydrogen-bond donors (Lipinski definition) is 3. The van der Waals surface area contributed by atoms with Gasteiger partial charge in [0.1, 0.15) is 0 Å². The molecule has 0 radical (unpaired) electrons. The van der Waals surface area contributed by atoms with Crippen molar-refractivity contribution in [2.75, 3.05) is 13.1 Å². The zero-order chi connectivity index (χ0) is 14.8. The monoisotopic (exact) mass is 277 g/mol. The predicted molar refractivity (Wildman–Crippen MR) is 74.7 cm³/mol. The predicted octanol–water partition coefficient (Wildman–Crippen LogP) is 0.768. The summed E-state index contributed by atoms with van der Waals surface area (Å²) < 4.78 is 0. The maximum Gasteiger partial charge on any atom is 0.253 e. The molecule has 6 heteroatoms. The van der Waals surface area contributed by atoms with Crippen LogP contribution < -0.4 is 5.73 Å². The first-order valence-corrected chi connectivity index (χ1v) is 6.52. The Hall–Kier alpha value is -2.08. The van der Waals surface area contributed by atoms with E-state index in [0.717, 1.165) is 0 Å². The van der Waals surface area contributed by atoms with Crippen molar-refractivity contribution in [2.24, 2.45) is 10.9 Å². The highest BCUT2D eigenvalue weighted by molar-refractivity contribution is 6.01. The van der Waals surface area contributed by atoms with Crippen LogP contribution >= 0.6 is 0 Å². The number of amidine groups is 1. The molecule has 1 aromatic rings. The van der Waals surface area contributed by atoms with Crippen LogP contribution in [-0.4, -0.2) is 45.6 Å². The van der Waals surface area contributed by atoms with Crippen molar-refractivity contribution in [1.82, 2.24) is 4.90 Å². The molecule has 0 spiro atoms. The van der Waals surface area contributed by atoms with Crippen molar-refractivity contribution < 1.29 is 15.1 Å². The van der Waals surface area contributed by atoms with Crippen molar-refractivity contribution in [3.05, 3.63) is 35.4 Å². The van der Waals surface area contributed by atoms with Crippen LogP contribution in [0.4, 0.5) is 0 Å². The van der Waals surface area contributed by atoms with E-state index in [0.29, 0.717) is 37.1 Å². The molecule has 1 amide bonds. The molecule has 1 aliphatic heterocycles. The minimum absolute atomic E-state index is 0.0266. The number of oxime groups is 1. The van der Waals surface area contributed by atoms with Crippen LogP contribution in [0.5, 0.6) is 0 Å². The minimum atomic E-state index is -0.688. The van der Waals surface area contributed by atoms with E-state index >= 15 is 0 Å². The van der Waals surface area contributed by atoms with Crippen molar-refractivity contribution in [3.8, 4) is 0 Å². The third kappa shape index (κ3) is 3.08. The van der Waals surface area contributed by atoms with E-state index in [1.807, 2.05) is 0 Å². The Balaban J connectivity index is 2.14. The van der Waals surface area contributed by atoms with Crippen LogP contribution in [-0.2, 0) is 0 Å². The van der Waals surface area contributed by atoms with Crippen molar-refractivity contribution in [3.63, 3.8) is 0 Å². The summed E-state index contributed by atoms with van der Waals surface area (Å²) in [4.78, 5) is 14.1. The number of carbonyl (C=O) groups is 1. The molecule has 20 heavy (non-hydrogen) atoms. The van der Waals surface area contributed by atoms with E-state index in [-0.39, 0.29) is 11.7 Å². The number of likely N-dealkylation sites (tertiary alicyclic amines) is 1. The van der Waals surface area contributed by atoms with E-state index in [4.69, 9.17) is 10.9 Å². The first-order valence-electron chi connectivity index (χ1n) is 6.52. The van der Waals surface area contributed by atoms with Crippen LogP contribution in [0, 0.1) is 0 Å². The number of rotatable bonds is 2. The quantitative estimate of drug-likeness (QED) is 0.322. The Kier molecular flexibility index (Phi) is 3.94. The molecule has 2 rings (SSSR count). The lowest BCUT2D eigenvalue weighted by Gasteiger charge is -2.35. The zero-order valence-corrected chi connectivity index (χ0v) is 11.4. The van der Waals surface area contributed by atoms with Crippen molar-refractivity contribution in [1.29, 1.82) is 0 Å². The first-order chi connectivity index (χ1) is 9.43. The van der Waals surface area contributed by atoms with Gasteiger partial charge in [-0.25, -0.2) is 0 Å². The maximum atomic E-state index is 12.4. The van der Waals surface area contributed by atoms with Gasteiger partial charge in [0, 0.05) is 24.2 Å². The third-order valence-corrected chi connectivity index (χ3v) is 3.64. The molecule has 1 heterocycles. The summed E-state index contributed by atoms with van der Waals surface area (Å²) in [6, 6.07) is 6.67. The molecule has 108 valence electrons. The number of amides is 1. The van der Waals surface area contributed by atoms with E-state index < -0.39 is 5.60 Å². The van der Waals surface area contributed by atoms with Crippen LogP contribution in [0.1, 0.15) is 35.7 Å². The van der Waals surface area contributed by atoms with Crippen molar-refractivity contribution >= 4 is 11.7 Å². The Labute approximate surface area is 117 Å². The summed E-state index contributed by atoms with van der Waals surface area (Å²) in [6.45, 7) is 2.84. The zero-order valence-electron chi connectivity index (χ0n) is 11.4. The van der Waals surface area contributed by atoms with E-state index in [1.54, 1.807) is 36.1 Å². The summed E-state index contributed by atoms with van der Waals surface area (Å²) in [7, 11) is 0. The topological polar surface area (TPSA) is 99.2 Å². The van der Waals surface area contributed by atoms with Gasteiger partial charge in [0.05, 0.1) is 5.60 Å². The van der Waals surface area contributed by atoms with Gasteiger partial charge in [-0.2, -0.15) is 0 Å². The van der Waals surface area contributed by atoms with Gasteiger partial charge in [-0.15, -0.1) is 0 Å². The molecule has 1 aromatic carbocycles. The highest BCUT2D eigenvalue weighted by atomic mass is 16.4.